The summed E-state index contributed by atoms with van der Waals surface area (Å²) in [6, 6.07) is 0. The van der Waals surface area contributed by atoms with E-state index in [1.807, 2.05) is 0 Å². The number of hydrogen-bond acceptors (Lipinski definition) is 4. The molecule has 0 aromatic carbocycles. The Morgan fingerprint density at radius 2 is 2.10 bits per heavy atom. The van der Waals surface area contributed by atoms with E-state index in [0.717, 1.165) is 32.1 Å². The molecule has 21 heavy (non-hydrogen) atoms. The molecule has 116 valence electrons. The monoisotopic (exact) mass is 309 g/mol. The molecule has 1 amide bonds. The summed E-state index contributed by atoms with van der Waals surface area (Å²) in [5.41, 5.74) is 5.93. The molecule has 1 aromatic heterocycles. The van der Waals surface area contributed by atoms with Crippen molar-refractivity contribution in [1.29, 1.82) is 0 Å². The first-order chi connectivity index (χ1) is 9.88. The molecule has 0 unspecified atom stereocenters. The molecule has 0 atom stereocenters. The van der Waals surface area contributed by atoms with Crippen molar-refractivity contribution in [2.24, 2.45) is 11.7 Å². The maximum atomic E-state index is 12.4. The lowest BCUT2D eigenvalue weighted by atomic mass is 9.75. The number of nitrogens with two attached hydrogens (primary N) is 1. The molecule has 0 bridgehead atoms. The van der Waals surface area contributed by atoms with Crippen LogP contribution in [0, 0.1) is 19.8 Å². The number of oxazole rings is 1. The number of aromatic nitrogens is 1. The van der Waals surface area contributed by atoms with Crippen molar-refractivity contribution >= 4 is 23.1 Å². The van der Waals surface area contributed by atoms with Gasteiger partial charge >= 0.3 is 0 Å². The molecular weight excluding hydrogens is 286 g/mol. The molecule has 6 heteroatoms. The quantitative estimate of drug-likeness (QED) is 0.836. The van der Waals surface area contributed by atoms with Gasteiger partial charge in [0.2, 0.25) is 5.76 Å². The second-order valence-electron chi connectivity index (χ2n) is 5.90. The van der Waals surface area contributed by atoms with E-state index in [9.17, 15) is 4.79 Å². The summed E-state index contributed by atoms with van der Waals surface area (Å²) < 4.78 is 5.38. The topological polar surface area (TPSA) is 81.2 Å². The Morgan fingerprint density at radius 3 is 2.52 bits per heavy atom. The average Bonchev–Trinajstić information content (AvgIpc) is 2.78. The Bertz CT molecular complexity index is 545. The zero-order valence-corrected chi connectivity index (χ0v) is 13.7. The van der Waals surface area contributed by atoms with Crippen LogP contribution in [-0.4, -0.2) is 21.4 Å². The zero-order chi connectivity index (χ0) is 15.6. The average molecular weight is 309 g/mol. The predicted molar refractivity (Wildman–Crippen MR) is 85.2 cm³/mol. The van der Waals surface area contributed by atoms with Crippen LogP contribution in [0.1, 0.15) is 61.2 Å². The van der Waals surface area contributed by atoms with Gasteiger partial charge in [0.05, 0.1) is 16.2 Å². The largest absolute Gasteiger partial charge is 0.436 e. The minimum Gasteiger partial charge on any atom is -0.436 e. The van der Waals surface area contributed by atoms with E-state index in [1.165, 1.54) is 0 Å². The highest BCUT2D eigenvalue weighted by Crippen LogP contribution is 2.34. The molecule has 0 saturated heterocycles. The first kappa shape index (κ1) is 15.9. The molecule has 2 rings (SSSR count). The third-order valence-electron chi connectivity index (χ3n) is 4.47. The number of rotatable bonds is 4. The fraction of sp³-hybridized carbons (Fsp3) is 0.667. The Hall–Kier alpha value is -1.43. The normalized spacial score (nSPS) is 25.6. The molecule has 1 aliphatic carbocycles. The van der Waals surface area contributed by atoms with Crippen LogP contribution in [0.25, 0.3) is 0 Å². The van der Waals surface area contributed by atoms with E-state index >= 15 is 0 Å². The van der Waals surface area contributed by atoms with Gasteiger partial charge in [-0.2, -0.15) is 0 Å². The van der Waals surface area contributed by atoms with Crippen LogP contribution in [0.5, 0.6) is 0 Å². The molecule has 0 spiro atoms. The van der Waals surface area contributed by atoms with Gasteiger partial charge in [0.25, 0.3) is 5.91 Å². The van der Waals surface area contributed by atoms with Crippen LogP contribution in [0.15, 0.2) is 4.42 Å². The fourth-order valence-corrected chi connectivity index (χ4v) is 3.28. The molecule has 5 nitrogen and oxygen atoms in total. The highest BCUT2D eigenvalue weighted by molar-refractivity contribution is 7.80. The lowest BCUT2D eigenvalue weighted by Crippen LogP contribution is -2.58. The fourth-order valence-electron chi connectivity index (χ4n) is 3.03. The van der Waals surface area contributed by atoms with Crippen molar-refractivity contribution in [2.75, 3.05) is 0 Å². The summed E-state index contributed by atoms with van der Waals surface area (Å²) >= 11 is 5.23. The Kier molecular flexibility index (Phi) is 4.66. The summed E-state index contributed by atoms with van der Waals surface area (Å²) in [5.74, 6) is 1.15. The molecule has 0 radical (unpaired) electrons. The smallest absolute Gasteiger partial charge is 0.289 e. The Balaban J connectivity index is 2.16. The lowest BCUT2D eigenvalue weighted by Gasteiger charge is -2.39. The number of amides is 1. The van der Waals surface area contributed by atoms with E-state index < -0.39 is 5.54 Å². The lowest BCUT2D eigenvalue weighted by molar-refractivity contribution is 0.0867. The second-order valence-corrected chi connectivity index (χ2v) is 6.34. The maximum absolute atomic E-state index is 12.4. The number of aryl methyl sites for hydroxylation is 2. The van der Waals surface area contributed by atoms with Gasteiger partial charge in [-0.1, -0.05) is 25.6 Å². The second kappa shape index (κ2) is 6.13. The highest BCUT2D eigenvalue weighted by Gasteiger charge is 2.39. The number of nitrogens with one attached hydrogen (secondary N) is 1. The first-order valence-electron chi connectivity index (χ1n) is 7.44. The van der Waals surface area contributed by atoms with Gasteiger partial charge in [-0.25, -0.2) is 4.98 Å². The molecular formula is C15H23N3O2S. The van der Waals surface area contributed by atoms with Gasteiger partial charge in [0.1, 0.15) is 0 Å². The van der Waals surface area contributed by atoms with Crippen molar-refractivity contribution in [1.82, 2.24) is 10.3 Å². The van der Waals surface area contributed by atoms with E-state index in [4.69, 9.17) is 22.4 Å². The van der Waals surface area contributed by atoms with Gasteiger partial charge in [-0.15, -0.1) is 0 Å². The van der Waals surface area contributed by atoms with Crippen LogP contribution in [0.4, 0.5) is 0 Å². The van der Waals surface area contributed by atoms with Gasteiger partial charge in [-0.05, 0) is 38.5 Å². The van der Waals surface area contributed by atoms with E-state index in [2.05, 4.69) is 17.2 Å². The molecule has 1 aromatic rings. The van der Waals surface area contributed by atoms with Gasteiger partial charge in [0, 0.05) is 6.92 Å². The molecule has 0 aliphatic heterocycles. The SMILES string of the molecule is CCC1CCC(NC(=O)c2oc(C)nc2C)(C(N)=S)CC1. The van der Waals surface area contributed by atoms with E-state index in [0.29, 0.717) is 22.5 Å². The Labute approximate surface area is 130 Å². The van der Waals surface area contributed by atoms with Gasteiger partial charge in [0.15, 0.2) is 5.89 Å². The standard InChI is InChI=1S/C15H23N3O2S/c1-4-11-5-7-15(8-6-11,14(16)21)18-13(19)12-9(2)17-10(3)20-12/h11H,4-8H2,1-3H3,(H2,16,21)(H,18,19). The van der Waals surface area contributed by atoms with Crippen molar-refractivity contribution in [2.45, 2.75) is 58.4 Å². The van der Waals surface area contributed by atoms with Gasteiger partial charge < -0.3 is 15.5 Å². The molecule has 1 aliphatic rings. The zero-order valence-electron chi connectivity index (χ0n) is 12.9. The van der Waals surface area contributed by atoms with Crippen molar-refractivity contribution in [3.8, 4) is 0 Å². The summed E-state index contributed by atoms with van der Waals surface area (Å²) in [6.07, 6.45) is 4.80. The minimum atomic E-state index is -0.592. The van der Waals surface area contributed by atoms with E-state index in [1.54, 1.807) is 13.8 Å². The summed E-state index contributed by atoms with van der Waals surface area (Å²) in [6.45, 7) is 5.67. The maximum Gasteiger partial charge on any atom is 0.289 e. The van der Waals surface area contributed by atoms with Gasteiger partial charge in [-0.3, -0.25) is 4.79 Å². The molecule has 1 fully saturated rings. The van der Waals surface area contributed by atoms with Crippen LogP contribution < -0.4 is 11.1 Å². The Morgan fingerprint density at radius 1 is 1.48 bits per heavy atom. The van der Waals surface area contributed by atoms with Crippen LogP contribution >= 0.6 is 12.2 Å². The predicted octanol–water partition coefficient (Wildman–Crippen LogP) is 2.65. The highest BCUT2D eigenvalue weighted by atomic mass is 32.1. The number of carbonyl (C=O) groups is 1. The molecule has 1 heterocycles. The van der Waals surface area contributed by atoms with Crippen molar-refractivity contribution in [3.63, 3.8) is 0 Å². The van der Waals surface area contributed by atoms with Crippen molar-refractivity contribution < 1.29 is 9.21 Å². The number of hydrogen-bond donors (Lipinski definition) is 2. The van der Waals surface area contributed by atoms with Crippen LogP contribution in [0.3, 0.4) is 0 Å². The third kappa shape index (κ3) is 3.26. The van der Waals surface area contributed by atoms with Crippen molar-refractivity contribution in [3.05, 3.63) is 17.3 Å². The summed E-state index contributed by atoms with van der Waals surface area (Å²) in [7, 11) is 0. The first-order valence-corrected chi connectivity index (χ1v) is 7.85. The number of nitrogens with zero attached hydrogens (tertiary/aromatic N) is 1. The number of carbonyl (C=O) groups excluding carboxylic acids is 1. The molecule has 1 saturated carbocycles. The summed E-state index contributed by atoms with van der Waals surface area (Å²) in [4.78, 5) is 16.9. The summed E-state index contributed by atoms with van der Waals surface area (Å²) in [5, 5.41) is 3.01. The number of thiocarbonyl (C=S) groups is 1. The van der Waals surface area contributed by atoms with Crippen LogP contribution in [0.2, 0.25) is 0 Å². The van der Waals surface area contributed by atoms with Crippen LogP contribution in [-0.2, 0) is 0 Å². The molecule has 3 N–H and O–H groups in total. The minimum absolute atomic E-state index is 0.251. The van der Waals surface area contributed by atoms with E-state index in [-0.39, 0.29) is 11.7 Å². The third-order valence-corrected chi connectivity index (χ3v) is 4.86.